The van der Waals surface area contributed by atoms with E-state index < -0.39 is 0 Å². The Balaban J connectivity index is 1.46. The molecular formula is C23H23N3OS. The Morgan fingerprint density at radius 3 is 2.68 bits per heavy atom. The molecule has 2 aromatic heterocycles. The molecule has 0 fully saturated rings. The maximum Gasteiger partial charge on any atom is 0.261 e. The fourth-order valence-electron chi connectivity index (χ4n) is 3.31. The average molecular weight is 390 g/mol. The van der Waals surface area contributed by atoms with Crippen molar-refractivity contribution in [1.82, 2.24) is 14.9 Å². The first-order valence-electron chi connectivity index (χ1n) is 9.52. The van der Waals surface area contributed by atoms with Crippen molar-refractivity contribution < 1.29 is 4.79 Å². The van der Waals surface area contributed by atoms with Crippen molar-refractivity contribution in [3.63, 3.8) is 0 Å². The van der Waals surface area contributed by atoms with Crippen molar-refractivity contribution >= 4 is 28.3 Å². The summed E-state index contributed by atoms with van der Waals surface area (Å²) in [6.07, 6.45) is 1.68. The molecule has 0 atom stereocenters. The van der Waals surface area contributed by atoms with Crippen LogP contribution in [0.25, 0.3) is 11.0 Å². The quantitative estimate of drug-likeness (QED) is 0.461. The SMILES string of the molecule is Cc1ccc(Cn2c(CCCNC(=O)c3cccs3)nc3ccccc32)cc1. The highest BCUT2D eigenvalue weighted by Crippen LogP contribution is 2.19. The molecule has 0 spiro atoms. The van der Waals surface area contributed by atoms with Gasteiger partial charge in [-0.25, -0.2) is 4.98 Å². The van der Waals surface area contributed by atoms with Gasteiger partial charge in [-0.05, 0) is 42.5 Å². The Morgan fingerprint density at radius 2 is 1.89 bits per heavy atom. The molecule has 142 valence electrons. The number of thiophene rings is 1. The predicted octanol–water partition coefficient (Wildman–Crippen LogP) is 4.82. The molecule has 0 aliphatic carbocycles. The van der Waals surface area contributed by atoms with Crippen LogP contribution in [0.3, 0.4) is 0 Å². The van der Waals surface area contributed by atoms with Gasteiger partial charge in [-0.2, -0.15) is 0 Å². The van der Waals surface area contributed by atoms with Crippen molar-refractivity contribution in [3.05, 3.63) is 87.9 Å². The Bertz CT molecular complexity index is 1070. The Kier molecular flexibility index (Phi) is 5.53. The highest BCUT2D eigenvalue weighted by molar-refractivity contribution is 7.12. The number of benzene rings is 2. The van der Waals surface area contributed by atoms with E-state index in [1.54, 1.807) is 0 Å². The molecule has 4 aromatic rings. The fraction of sp³-hybridized carbons (Fsp3) is 0.217. The number of carbonyl (C=O) groups excluding carboxylic acids is 1. The van der Waals surface area contributed by atoms with E-state index in [0.717, 1.165) is 41.1 Å². The molecule has 2 heterocycles. The lowest BCUT2D eigenvalue weighted by atomic mass is 10.1. The molecule has 2 aromatic carbocycles. The number of aryl methyl sites for hydroxylation is 2. The molecule has 0 unspecified atom stereocenters. The highest BCUT2D eigenvalue weighted by Gasteiger charge is 2.11. The summed E-state index contributed by atoms with van der Waals surface area (Å²) in [5.74, 6) is 1.07. The van der Waals surface area contributed by atoms with Crippen molar-refractivity contribution in [2.24, 2.45) is 0 Å². The van der Waals surface area contributed by atoms with Gasteiger partial charge in [0, 0.05) is 19.5 Å². The van der Waals surface area contributed by atoms with E-state index in [4.69, 9.17) is 4.98 Å². The minimum absolute atomic E-state index is 0.00292. The molecule has 0 saturated heterocycles. The van der Waals surface area contributed by atoms with E-state index in [9.17, 15) is 4.79 Å². The number of nitrogens with zero attached hydrogens (tertiary/aromatic N) is 2. The number of carbonyl (C=O) groups is 1. The van der Waals surface area contributed by atoms with Gasteiger partial charge in [-0.1, -0.05) is 48.0 Å². The maximum absolute atomic E-state index is 12.1. The Hall–Kier alpha value is -2.92. The van der Waals surface area contributed by atoms with E-state index in [2.05, 4.69) is 59.3 Å². The minimum atomic E-state index is 0.00292. The molecular weight excluding hydrogens is 366 g/mol. The molecule has 0 bridgehead atoms. The number of amides is 1. The van der Waals surface area contributed by atoms with E-state index in [1.807, 2.05) is 23.6 Å². The zero-order valence-electron chi connectivity index (χ0n) is 15.9. The third-order valence-corrected chi connectivity index (χ3v) is 5.67. The number of rotatable bonds is 7. The van der Waals surface area contributed by atoms with Gasteiger partial charge in [0.1, 0.15) is 5.82 Å². The summed E-state index contributed by atoms with van der Waals surface area (Å²) in [7, 11) is 0. The van der Waals surface area contributed by atoms with E-state index in [0.29, 0.717) is 6.54 Å². The lowest BCUT2D eigenvalue weighted by Gasteiger charge is -2.10. The lowest BCUT2D eigenvalue weighted by molar-refractivity contribution is 0.0957. The molecule has 1 N–H and O–H groups in total. The number of aromatic nitrogens is 2. The minimum Gasteiger partial charge on any atom is -0.351 e. The monoisotopic (exact) mass is 389 g/mol. The summed E-state index contributed by atoms with van der Waals surface area (Å²) in [5.41, 5.74) is 4.70. The van der Waals surface area contributed by atoms with Crippen LogP contribution in [-0.4, -0.2) is 22.0 Å². The van der Waals surface area contributed by atoms with Crippen LogP contribution in [0.2, 0.25) is 0 Å². The van der Waals surface area contributed by atoms with Crippen LogP contribution in [0.5, 0.6) is 0 Å². The first-order valence-corrected chi connectivity index (χ1v) is 10.4. The van der Waals surface area contributed by atoms with E-state index in [-0.39, 0.29) is 5.91 Å². The zero-order valence-corrected chi connectivity index (χ0v) is 16.7. The molecule has 5 heteroatoms. The van der Waals surface area contributed by atoms with Crippen LogP contribution in [0.15, 0.2) is 66.0 Å². The van der Waals surface area contributed by atoms with Gasteiger partial charge >= 0.3 is 0 Å². The molecule has 28 heavy (non-hydrogen) atoms. The number of fused-ring (bicyclic) bond motifs is 1. The summed E-state index contributed by atoms with van der Waals surface area (Å²) in [4.78, 5) is 17.7. The molecule has 4 nitrogen and oxygen atoms in total. The third-order valence-electron chi connectivity index (χ3n) is 4.80. The Labute approximate surface area is 168 Å². The molecule has 0 aliphatic heterocycles. The summed E-state index contributed by atoms with van der Waals surface area (Å²) in [6, 6.07) is 20.7. The van der Waals surface area contributed by atoms with Crippen LogP contribution in [0.4, 0.5) is 0 Å². The summed E-state index contributed by atoms with van der Waals surface area (Å²) >= 11 is 1.46. The number of hydrogen-bond donors (Lipinski definition) is 1. The van der Waals surface area contributed by atoms with Crippen molar-refractivity contribution in [3.8, 4) is 0 Å². The number of para-hydroxylation sites is 2. The molecule has 0 aliphatic rings. The van der Waals surface area contributed by atoms with Crippen LogP contribution in [-0.2, 0) is 13.0 Å². The van der Waals surface area contributed by atoms with Crippen LogP contribution < -0.4 is 5.32 Å². The van der Waals surface area contributed by atoms with Crippen LogP contribution >= 0.6 is 11.3 Å². The summed E-state index contributed by atoms with van der Waals surface area (Å²) < 4.78 is 2.29. The van der Waals surface area contributed by atoms with Crippen LogP contribution in [0.1, 0.15) is 33.0 Å². The fourth-order valence-corrected chi connectivity index (χ4v) is 3.95. The number of imidazole rings is 1. The van der Waals surface area contributed by atoms with Crippen LogP contribution in [0, 0.1) is 6.92 Å². The van der Waals surface area contributed by atoms with E-state index >= 15 is 0 Å². The zero-order chi connectivity index (χ0) is 19.3. The van der Waals surface area contributed by atoms with Crippen molar-refractivity contribution in [2.45, 2.75) is 26.3 Å². The van der Waals surface area contributed by atoms with Gasteiger partial charge < -0.3 is 9.88 Å². The normalized spacial score (nSPS) is 11.0. The van der Waals surface area contributed by atoms with Gasteiger partial charge in [0.2, 0.25) is 0 Å². The van der Waals surface area contributed by atoms with Gasteiger partial charge in [0.15, 0.2) is 0 Å². The summed E-state index contributed by atoms with van der Waals surface area (Å²) in [5, 5.41) is 4.92. The van der Waals surface area contributed by atoms with Gasteiger partial charge in [-0.3, -0.25) is 4.79 Å². The molecule has 0 radical (unpaired) electrons. The smallest absolute Gasteiger partial charge is 0.261 e. The standard InChI is InChI=1S/C23H23N3OS/c1-17-10-12-18(13-11-17)16-26-20-7-3-2-6-19(20)25-22(26)9-4-14-24-23(27)21-8-5-15-28-21/h2-3,5-8,10-13,15H,4,9,14,16H2,1H3,(H,24,27). The van der Waals surface area contributed by atoms with E-state index in [1.165, 1.54) is 22.5 Å². The Morgan fingerprint density at radius 1 is 1.07 bits per heavy atom. The lowest BCUT2D eigenvalue weighted by Crippen LogP contribution is -2.24. The molecule has 1 amide bonds. The molecule has 4 rings (SSSR count). The van der Waals surface area contributed by atoms with Gasteiger partial charge in [-0.15, -0.1) is 11.3 Å². The third kappa shape index (κ3) is 4.15. The summed E-state index contributed by atoms with van der Waals surface area (Å²) in [6.45, 7) is 3.55. The second kappa shape index (κ2) is 8.40. The van der Waals surface area contributed by atoms with Gasteiger partial charge in [0.05, 0.1) is 15.9 Å². The highest BCUT2D eigenvalue weighted by atomic mass is 32.1. The predicted molar refractivity (Wildman–Crippen MR) is 115 cm³/mol. The molecule has 0 saturated carbocycles. The first kappa shape index (κ1) is 18.4. The topological polar surface area (TPSA) is 46.9 Å². The second-order valence-electron chi connectivity index (χ2n) is 6.93. The van der Waals surface area contributed by atoms with Gasteiger partial charge in [0.25, 0.3) is 5.91 Å². The average Bonchev–Trinajstić information content (AvgIpc) is 3.36. The second-order valence-corrected chi connectivity index (χ2v) is 7.87. The largest absolute Gasteiger partial charge is 0.351 e. The number of hydrogen-bond acceptors (Lipinski definition) is 3. The van der Waals surface area contributed by atoms with Crippen molar-refractivity contribution in [2.75, 3.05) is 6.54 Å². The van der Waals surface area contributed by atoms with Crippen molar-refractivity contribution in [1.29, 1.82) is 0 Å². The first-order chi connectivity index (χ1) is 13.7. The number of nitrogens with one attached hydrogen (secondary N) is 1. The maximum atomic E-state index is 12.1.